The van der Waals surface area contributed by atoms with E-state index in [1.54, 1.807) is 0 Å². The van der Waals surface area contributed by atoms with Crippen molar-refractivity contribution >= 4 is 12.0 Å². The van der Waals surface area contributed by atoms with Crippen LogP contribution < -0.4 is 0 Å². The van der Waals surface area contributed by atoms with Gasteiger partial charge in [0.2, 0.25) is 0 Å². The van der Waals surface area contributed by atoms with Gasteiger partial charge < -0.3 is 5.21 Å². The van der Waals surface area contributed by atoms with Crippen molar-refractivity contribution in [2.45, 2.75) is 0 Å². The van der Waals surface area contributed by atoms with Gasteiger partial charge in [-0.1, -0.05) is 5.16 Å². The second-order valence-electron chi connectivity index (χ2n) is 2.11. The van der Waals surface area contributed by atoms with Crippen molar-refractivity contribution in [2.75, 3.05) is 0 Å². The molecule has 0 aromatic heterocycles. The minimum atomic E-state index is -0.401. The number of nitrogens with zero attached hydrogens (tertiary/aromatic N) is 1. The van der Waals surface area contributed by atoms with Gasteiger partial charge in [-0.25, -0.2) is 4.39 Å². The first-order valence-corrected chi connectivity index (χ1v) is 3.21. The Morgan fingerprint density at radius 2 is 2.00 bits per heavy atom. The number of hydrogen-bond acceptors (Lipinski definition) is 3. The maximum Gasteiger partial charge on any atom is 0.172 e. The summed E-state index contributed by atoms with van der Waals surface area (Å²) in [5.74, 6) is -0.401. The highest BCUT2D eigenvalue weighted by atomic mass is 19.1. The van der Waals surface area contributed by atoms with E-state index in [0.717, 1.165) is 0 Å². The Kier molecular flexibility index (Phi) is 2.53. The van der Waals surface area contributed by atoms with Gasteiger partial charge in [0.1, 0.15) is 11.5 Å². The Bertz CT molecular complexity index is 305. The highest BCUT2D eigenvalue weighted by Gasteiger charge is 2.01. The molecule has 0 saturated carbocycles. The Hall–Kier alpha value is -1.71. The summed E-state index contributed by atoms with van der Waals surface area (Å²) in [4.78, 5) is 10.2. The third kappa shape index (κ3) is 1.66. The fourth-order valence-corrected chi connectivity index (χ4v) is 0.770. The summed E-state index contributed by atoms with van der Waals surface area (Å²) in [6.07, 6.45) is 0.396. The molecule has 3 nitrogen and oxygen atoms in total. The van der Waals surface area contributed by atoms with Crippen molar-refractivity contribution in [2.24, 2.45) is 5.16 Å². The summed E-state index contributed by atoms with van der Waals surface area (Å²) in [5, 5.41) is 11.0. The van der Waals surface area contributed by atoms with Gasteiger partial charge in [-0.15, -0.1) is 0 Å². The number of carbonyl (C=O) groups is 1. The number of benzene rings is 1. The molecule has 0 radical (unpaired) electrons. The van der Waals surface area contributed by atoms with E-state index < -0.39 is 5.82 Å². The van der Waals surface area contributed by atoms with E-state index in [4.69, 9.17) is 5.21 Å². The lowest BCUT2D eigenvalue weighted by atomic mass is 10.1. The first kappa shape index (κ1) is 8.39. The fourth-order valence-electron chi connectivity index (χ4n) is 0.770. The Labute approximate surface area is 68.1 Å². The number of carbonyl (C=O) groups excluding carboxylic acids is 1. The Balaban J connectivity index is 3.04. The van der Waals surface area contributed by atoms with Crippen molar-refractivity contribution in [3.05, 3.63) is 35.6 Å². The molecule has 1 rings (SSSR count). The zero-order chi connectivity index (χ0) is 8.97. The van der Waals surface area contributed by atoms with Crippen molar-refractivity contribution in [3.8, 4) is 0 Å². The van der Waals surface area contributed by atoms with Crippen LogP contribution in [0, 0.1) is 5.82 Å². The average Bonchev–Trinajstić information content (AvgIpc) is 2.10. The van der Waals surface area contributed by atoms with Gasteiger partial charge >= 0.3 is 0 Å². The molecule has 0 bridgehead atoms. The van der Waals surface area contributed by atoms with E-state index in [1.165, 1.54) is 24.3 Å². The lowest BCUT2D eigenvalue weighted by Crippen LogP contribution is -2.01. The monoisotopic (exact) mass is 167 g/mol. The lowest BCUT2D eigenvalue weighted by molar-refractivity contribution is -0.102. The van der Waals surface area contributed by atoms with Crippen LogP contribution in [0.15, 0.2) is 29.4 Å². The van der Waals surface area contributed by atoms with Crippen LogP contribution in [0.3, 0.4) is 0 Å². The standard InChI is InChI=1S/C8H6FNO2/c9-7-3-1-6(2-4-7)8(5-11)10-12/h1-5,12H. The smallest absolute Gasteiger partial charge is 0.172 e. The number of oxime groups is 1. The zero-order valence-electron chi connectivity index (χ0n) is 6.07. The molecule has 0 aliphatic carbocycles. The number of aldehydes is 1. The molecule has 0 saturated heterocycles. The van der Waals surface area contributed by atoms with Crippen molar-refractivity contribution in [3.63, 3.8) is 0 Å². The minimum absolute atomic E-state index is 0.116. The van der Waals surface area contributed by atoms with Gasteiger partial charge in [-0.2, -0.15) is 0 Å². The average molecular weight is 167 g/mol. The fraction of sp³-hybridized carbons (Fsp3) is 0. The maximum atomic E-state index is 12.4. The van der Waals surface area contributed by atoms with Crippen LogP contribution >= 0.6 is 0 Å². The first-order valence-electron chi connectivity index (χ1n) is 3.21. The van der Waals surface area contributed by atoms with Crippen LogP contribution in [0.25, 0.3) is 0 Å². The van der Waals surface area contributed by atoms with Crippen molar-refractivity contribution in [1.29, 1.82) is 0 Å². The van der Waals surface area contributed by atoms with Crippen LogP contribution in [0.4, 0.5) is 4.39 Å². The van der Waals surface area contributed by atoms with Gasteiger partial charge in [0.15, 0.2) is 6.29 Å². The molecule has 1 aromatic rings. The summed E-state index contributed by atoms with van der Waals surface area (Å²) in [5.41, 5.74) is 0.268. The van der Waals surface area contributed by atoms with Crippen LogP contribution in [-0.2, 0) is 4.79 Å². The van der Waals surface area contributed by atoms with Gasteiger partial charge in [0.05, 0.1) is 0 Å². The molecule has 1 N–H and O–H groups in total. The minimum Gasteiger partial charge on any atom is -0.410 e. The topological polar surface area (TPSA) is 49.7 Å². The molecule has 0 fully saturated rings. The Morgan fingerprint density at radius 3 is 2.42 bits per heavy atom. The second-order valence-corrected chi connectivity index (χ2v) is 2.11. The van der Waals surface area contributed by atoms with Crippen LogP contribution in [-0.4, -0.2) is 17.2 Å². The third-order valence-electron chi connectivity index (χ3n) is 1.36. The van der Waals surface area contributed by atoms with Gasteiger partial charge in [0, 0.05) is 5.56 Å². The predicted octanol–water partition coefficient (Wildman–Crippen LogP) is 1.20. The van der Waals surface area contributed by atoms with E-state index >= 15 is 0 Å². The molecule has 62 valence electrons. The molecule has 0 atom stereocenters. The summed E-state index contributed by atoms with van der Waals surface area (Å²) in [6.45, 7) is 0. The van der Waals surface area contributed by atoms with E-state index in [2.05, 4.69) is 5.16 Å². The number of halogens is 1. The first-order chi connectivity index (χ1) is 5.77. The van der Waals surface area contributed by atoms with Gasteiger partial charge in [0.25, 0.3) is 0 Å². The van der Waals surface area contributed by atoms with E-state index in [1.807, 2.05) is 0 Å². The molecule has 0 aliphatic rings. The number of hydrogen-bond donors (Lipinski definition) is 1. The largest absolute Gasteiger partial charge is 0.410 e. The molecule has 0 unspecified atom stereocenters. The molecule has 0 aliphatic heterocycles. The molecule has 4 heteroatoms. The predicted molar refractivity (Wildman–Crippen MR) is 40.8 cm³/mol. The van der Waals surface area contributed by atoms with Crippen molar-refractivity contribution < 1.29 is 14.4 Å². The SMILES string of the molecule is O=CC(=NO)c1ccc(F)cc1. The summed E-state index contributed by atoms with van der Waals surface area (Å²) >= 11 is 0. The molecule has 0 spiro atoms. The normalized spacial score (nSPS) is 11.2. The molecular formula is C8H6FNO2. The second kappa shape index (κ2) is 3.61. The molecule has 1 aromatic carbocycles. The van der Waals surface area contributed by atoms with Crippen LogP contribution in [0.2, 0.25) is 0 Å². The molecular weight excluding hydrogens is 161 g/mol. The molecule has 12 heavy (non-hydrogen) atoms. The van der Waals surface area contributed by atoms with E-state index in [0.29, 0.717) is 11.8 Å². The highest BCUT2D eigenvalue weighted by molar-refractivity contribution is 6.36. The lowest BCUT2D eigenvalue weighted by Gasteiger charge is -1.94. The quantitative estimate of drug-likeness (QED) is 0.311. The van der Waals surface area contributed by atoms with Crippen LogP contribution in [0.1, 0.15) is 5.56 Å². The van der Waals surface area contributed by atoms with Crippen molar-refractivity contribution in [1.82, 2.24) is 0 Å². The maximum absolute atomic E-state index is 12.4. The van der Waals surface area contributed by atoms with E-state index in [9.17, 15) is 9.18 Å². The molecule has 0 amide bonds. The summed E-state index contributed by atoms with van der Waals surface area (Å²) in [7, 11) is 0. The van der Waals surface area contributed by atoms with Gasteiger partial charge in [-0.3, -0.25) is 4.79 Å². The zero-order valence-corrected chi connectivity index (χ0v) is 6.07. The summed E-state index contributed by atoms with van der Waals surface area (Å²) in [6, 6.07) is 5.09. The summed E-state index contributed by atoms with van der Waals surface area (Å²) < 4.78 is 12.4. The highest BCUT2D eigenvalue weighted by Crippen LogP contribution is 2.02. The third-order valence-corrected chi connectivity index (χ3v) is 1.36. The van der Waals surface area contributed by atoms with E-state index in [-0.39, 0.29) is 5.71 Å². The van der Waals surface area contributed by atoms with Gasteiger partial charge in [-0.05, 0) is 24.3 Å². The molecule has 0 heterocycles. The number of rotatable bonds is 2. The Morgan fingerprint density at radius 1 is 1.42 bits per heavy atom. The van der Waals surface area contributed by atoms with Crippen LogP contribution in [0.5, 0.6) is 0 Å².